The van der Waals surface area contributed by atoms with Gasteiger partial charge in [-0.3, -0.25) is 14.4 Å². The highest BCUT2D eigenvalue weighted by Gasteiger charge is 2.37. The van der Waals surface area contributed by atoms with Crippen LogP contribution in [0.3, 0.4) is 0 Å². The maximum absolute atomic E-state index is 13.2. The molecule has 3 heterocycles. The summed E-state index contributed by atoms with van der Waals surface area (Å²) in [7, 11) is 5.53. The monoisotopic (exact) mass is 578 g/mol. The van der Waals surface area contributed by atoms with E-state index in [-0.39, 0.29) is 42.1 Å². The van der Waals surface area contributed by atoms with E-state index < -0.39 is 6.04 Å². The zero-order valence-electron chi connectivity index (χ0n) is 21.5. The minimum atomic E-state index is -0.408. The van der Waals surface area contributed by atoms with E-state index >= 15 is 0 Å². The van der Waals surface area contributed by atoms with Gasteiger partial charge in [-0.25, -0.2) is 4.98 Å². The first-order valence-corrected chi connectivity index (χ1v) is 13.7. The minimum absolute atomic E-state index is 0. The standard InChI is InChI=1S/C26H31ClN6O3S.ClH/c1-32(2)26(36)14-4-6-18(29-24(35)25-31-19-8-9-33(3)13-22(19)37-25)20(11-14)30-23(34)21-12-15-10-16(27)5-7-17(15)28-21;/h5,7,10,12,14,18,20,28H,4,6,8-9,11,13H2,1-3H3,(H,29,35)(H,30,34);1H/t14-,18+,20-;/m0./s1. The number of aromatic nitrogens is 2. The lowest BCUT2D eigenvalue weighted by molar-refractivity contribution is -0.134. The van der Waals surface area contributed by atoms with Crippen molar-refractivity contribution < 1.29 is 14.4 Å². The van der Waals surface area contributed by atoms with Crippen LogP contribution in [-0.2, 0) is 17.8 Å². The number of carbonyl (C=O) groups is 3. The Morgan fingerprint density at radius 2 is 1.89 bits per heavy atom. The second kappa shape index (κ2) is 11.6. The fourth-order valence-corrected chi connectivity index (χ4v) is 6.49. The van der Waals surface area contributed by atoms with Crippen LogP contribution < -0.4 is 10.6 Å². The fourth-order valence-electron chi connectivity index (χ4n) is 5.21. The molecule has 5 rings (SSSR count). The van der Waals surface area contributed by atoms with Gasteiger partial charge in [0, 0.05) is 66.4 Å². The second-order valence-corrected chi connectivity index (χ2v) is 11.7. The van der Waals surface area contributed by atoms with Crippen molar-refractivity contribution >= 4 is 64.0 Å². The van der Waals surface area contributed by atoms with Crippen LogP contribution in [0.2, 0.25) is 5.02 Å². The molecule has 2 aliphatic rings. The van der Waals surface area contributed by atoms with Crippen LogP contribution in [0, 0.1) is 5.92 Å². The summed E-state index contributed by atoms with van der Waals surface area (Å²) in [5, 5.41) is 8.08. The predicted molar refractivity (Wildman–Crippen MR) is 151 cm³/mol. The number of rotatable bonds is 5. The van der Waals surface area contributed by atoms with E-state index in [0.29, 0.717) is 35.0 Å². The summed E-state index contributed by atoms with van der Waals surface area (Å²) in [6.45, 7) is 1.72. The molecular weight excluding hydrogens is 547 g/mol. The number of carbonyl (C=O) groups excluding carboxylic acids is 3. The van der Waals surface area contributed by atoms with E-state index in [9.17, 15) is 14.4 Å². The molecule has 12 heteroatoms. The largest absolute Gasteiger partial charge is 0.351 e. The van der Waals surface area contributed by atoms with Gasteiger partial charge in [-0.2, -0.15) is 0 Å². The van der Waals surface area contributed by atoms with Crippen molar-refractivity contribution in [2.45, 2.75) is 44.3 Å². The summed E-state index contributed by atoms with van der Waals surface area (Å²) in [5.74, 6) is -0.718. The van der Waals surface area contributed by atoms with Gasteiger partial charge < -0.3 is 25.4 Å². The Kier molecular flexibility index (Phi) is 8.66. The summed E-state index contributed by atoms with van der Waals surface area (Å²) >= 11 is 7.53. The second-order valence-electron chi connectivity index (χ2n) is 10.2. The average Bonchev–Trinajstić information content (AvgIpc) is 3.48. The van der Waals surface area contributed by atoms with E-state index in [1.807, 2.05) is 6.07 Å². The van der Waals surface area contributed by atoms with E-state index in [1.165, 1.54) is 11.3 Å². The van der Waals surface area contributed by atoms with Crippen LogP contribution in [-0.4, -0.2) is 77.3 Å². The number of thiazole rings is 1. The van der Waals surface area contributed by atoms with Gasteiger partial charge in [0.25, 0.3) is 11.8 Å². The van der Waals surface area contributed by atoms with Crippen LogP contribution in [0.25, 0.3) is 10.9 Å². The summed E-state index contributed by atoms with van der Waals surface area (Å²) in [5.41, 5.74) is 2.21. The topological polar surface area (TPSA) is 110 Å². The molecule has 1 aliphatic heterocycles. The number of nitrogens with zero attached hydrogens (tertiary/aromatic N) is 3. The van der Waals surface area contributed by atoms with Crippen molar-refractivity contribution in [2.24, 2.45) is 5.92 Å². The van der Waals surface area contributed by atoms with Crippen LogP contribution in [0.5, 0.6) is 0 Å². The maximum atomic E-state index is 13.2. The van der Waals surface area contributed by atoms with Crippen molar-refractivity contribution in [3.8, 4) is 0 Å². The number of hydrogen-bond acceptors (Lipinski definition) is 6. The van der Waals surface area contributed by atoms with Gasteiger partial charge in [-0.05, 0) is 50.6 Å². The molecule has 9 nitrogen and oxygen atoms in total. The normalized spacial score (nSPS) is 21.3. The molecule has 0 spiro atoms. The third-order valence-corrected chi connectivity index (χ3v) is 8.53. The van der Waals surface area contributed by atoms with Gasteiger partial charge in [-0.1, -0.05) is 11.6 Å². The van der Waals surface area contributed by atoms with Crippen LogP contribution >= 0.6 is 35.3 Å². The lowest BCUT2D eigenvalue weighted by Crippen LogP contribution is -2.56. The quantitative estimate of drug-likeness (QED) is 0.429. The van der Waals surface area contributed by atoms with Crippen LogP contribution in [0.15, 0.2) is 24.3 Å². The number of H-pyrrole nitrogens is 1. The molecular formula is C26H32Cl2N6O3S. The summed E-state index contributed by atoms with van der Waals surface area (Å²) < 4.78 is 0. The number of fused-ring (bicyclic) bond motifs is 2. The molecule has 3 amide bonds. The number of nitrogens with one attached hydrogen (secondary N) is 3. The number of halogens is 2. The van der Waals surface area contributed by atoms with E-state index in [2.05, 4.69) is 32.5 Å². The highest BCUT2D eigenvalue weighted by atomic mass is 35.5. The van der Waals surface area contributed by atoms with E-state index in [0.717, 1.165) is 41.0 Å². The average molecular weight is 580 g/mol. The molecule has 0 bridgehead atoms. The molecule has 3 aromatic rings. The Hall–Kier alpha value is -2.66. The molecule has 3 atom stereocenters. The Bertz CT molecular complexity index is 1360. The van der Waals surface area contributed by atoms with Crippen molar-refractivity contribution in [1.29, 1.82) is 0 Å². The van der Waals surface area contributed by atoms with Gasteiger partial charge in [-0.15, -0.1) is 23.7 Å². The molecule has 204 valence electrons. The van der Waals surface area contributed by atoms with Crippen LogP contribution in [0.4, 0.5) is 0 Å². The van der Waals surface area contributed by atoms with Crippen molar-refractivity contribution in [3.05, 3.63) is 50.6 Å². The van der Waals surface area contributed by atoms with Gasteiger partial charge in [0.15, 0.2) is 5.01 Å². The molecule has 1 fully saturated rings. The molecule has 0 saturated heterocycles. The van der Waals surface area contributed by atoms with Crippen molar-refractivity contribution in [3.63, 3.8) is 0 Å². The summed E-state index contributed by atoms with van der Waals surface area (Å²) in [6.07, 6.45) is 2.50. The smallest absolute Gasteiger partial charge is 0.280 e. The minimum Gasteiger partial charge on any atom is -0.351 e. The fraction of sp³-hybridized carbons (Fsp3) is 0.462. The highest BCUT2D eigenvalue weighted by molar-refractivity contribution is 7.13. The SMILES string of the molecule is CN1CCc2nc(C(=O)N[C@@H]3CC[C@H](C(=O)N(C)C)C[C@@H]3NC(=O)c3cc4cc(Cl)ccc4[nH]3)sc2C1.Cl. The summed E-state index contributed by atoms with van der Waals surface area (Å²) in [6, 6.07) is 6.42. The Labute approximate surface area is 236 Å². The zero-order valence-corrected chi connectivity index (χ0v) is 23.9. The van der Waals surface area contributed by atoms with Gasteiger partial charge in [0.1, 0.15) is 5.69 Å². The number of likely N-dealkylation sites (N-methyl/N-ethyl adjacent to an activating group) is 1. The number of benzene rings is 1. The lowest BCUT2D eigenvalue weighted by atomic mass is 9.81. The molecule has 1 aliphatic carbocycles. The van der Waals surface area contributed by atoms with Crippen molar-refractivity contribution in [2.75, 3.05) is 27.7 Å². The molecule has 1 saturated carbocycles. The van der Waals surface area contributed by atoms with E-state index in [1.54, 1.807) is 37.2 Å². The predicted octanol–water partition coefficient (Wildman–Crippen LogP) is 3.47. The number of amides is 3. The lowest BCUT2D eigenvalue weighted by Gasteiger charge is -2.37. The Balaban J connectivity index is 0.00000336. The van der Waals surface area contributed by atoms with Gasteiger partial charge in [0.2, 0.25) is 5.91 Å². The first kappa shape index (κ1) is 28.4. The first-order valence-electron chi connectivity index (χ1n) is 12.5. The molecule has 0 radical (unpaired) electrons. The Morgan fingerprint density at radius 3 is 2.66 bits per heavy atom. The summed E-state index contributed by atoms with van der Waals surface area (Å²) in [4.78, 5) is 51.8. The molecule has 3 N–H and O–H groups in total. The zero-order chi connectivity index (χ0) is 26.3. The number of aromatic amines is 1. The third-order valence-electron chi connectivity index (χ3n) is 7.22. The Morgan fingerprint density at radius 1 is 1.13 bits per heavy atom. The maximum Gasteiger partial charge on any atom is 0.280 e. The molecule has 38 heavy (non-hydrogen) atoms. The molecule has 2 aromatic heterocycles. The van der Waals surface area contributed by atoms with Gasteiger partial charge >= 0.3 is 0 Å². The van der Waals surface area contributed by atoms with Crippen molar-refractivity contribution in [1.82, 2.24) is 30.4 Å². The molecule has 0 unspecified atom stereocenters. The van der Waals surface area contributed by atoms with Crippen LogP contribution in [0.1, 0.15) is 50.1 Å². The molecule has 1 aromatic carbocycles. The highest BCUT2D eigenvalue weighted by Crippen LogP contribution is 2.29. The third kappa shape index (κ3) is 5.98. The van der Waals surface area contributed by atoms with Gasteiger partial charge in [0.05, 0.1) is 11.7 Å². The first-order chi connectivity index (χ1) is 17.7. The van der Waals surface area contributed by atoms with E-state index in [4.69, 9.17) is 11.6 Å². The number of hydrogen-bond donors (Lipinski definition) is 3.